The molecule has 1 N–H and O–H groups in total. The molecule has 1 fully saturated rings. The Kier molecular flexibility index (Phi) is 6.18. The predicted molar refractivity (Wildman–Crippen MR) is 94.1 cm³/mol. The van der Waals surface area contributed by atoms with E-state index in [0.29, 0.717) is 19.6 Å². The number of amides is 2. The van der Waals surface area contributed by atoms with Crippen LogP contribution in [0.3, 0.4) is 0 Å². The van der Waals surface area contributed by atoms with Crippen molar-refractivity contribution in [1.82, 2.24) is 15.1 Å². The van der Waals surface area contributed by atoms with Crippen molar-refractivity contribution in [2.75, 3.05) is 32.7 Å². The molecule has 0 aliphatic carbocycles. The standard InChI is InChI=1S/C17H27N3O2S/c1-5-14-10-15(23-13(14)4)17(22)20-8-6-19(7-9-20)11-16(21)18-12(2)3/h10,12H,5-9,11H2,1-4H3,(H,18,21). The number of nitrogens with one attached hydrogen (secondary N) is 1. The second-order valence-electron chi connectivity index (χ2n) is 6.34. The summed E-state index contributed by atoms with van der Waals surface area (Å²) < 4.78 is 0. The zero-order valence-electron chi connectivity index (χ0n) is 14.5. The number of piperazine rings is 1. The van der Waals surface area contributed by atoms with Crippen molar-refractivity contribution in [1.29, 1.82) is 0 Å². The molecular formula is C17H27N3O2S. The maximum atomic E-state index is 12.6. The van der Waals surface area contributed by atoms with Crippen LogP contribution in [0.2, 0.25) is 0 Å². The van der Waals surface area contributed by atoms with Crippen LogP contribution in [-0.4, -0.2) is 60.4 Å². The molecule has 0 aromatic carbocycles. The van der Waals surface area contributed by atoms with Crippen molar-refractivity contribution in [2.24, 2.45) is 0 Å². The monoisotopic (exact) mass is 337 g/mol. The summed E-state index contributed by atoms with van der Waals surface area (Å²) in [5.41, 5.74) is 1.27. The van der Waals surface area contributed by atoms with Crippen molar-refractivity contribution in [3.8, 4) is 0 Å². The zero-order chi connectivity index (χ0) is 17.0. The number of hydrogen-bond donors (Lipinski definition) is 1. The van der Waals surface area contributed by atoms with Gasteiger partial charge in [-0.05, 0) is 38.8 Å². The quantitative estimate of drug-likeness (QED) is 0.893. The van der Waals surface area contributed by atoms with Gasteiger partial charge in [0.25, 0.3) is 5.91 Å². The van der Waals surface area contributed by atoms with Gasteiger partial charge in [0.15, 0.2) is 0 Å². The van der Waals surface area contributed by atoms with Gasteiger partial charge >= 0.3 is 0 Å². The van der Waals surface area contributed by atoms with Crippen molar-refractivity contribution < 1.29 is 9.59 Å². The Balaban J connectivity index is 1.86. The SMILES string of the molecule is CCc1cc(C(=O)N2CCN(CC(=O)NC(C)C)CC2)sc1C. The first-order chi connectivity index (χ1) is 10.9. The fourth-order valence-corrected chi connectivity index (χ4v) is 3.89. The minimum Gasteiger partial charge on any atom is -0.353 e. The van der Waals surface area contributed by atoms with Crippen LogP contribution in [0.5, 0.6) is 0 Å². The highest BCUT2D eigenvalue weighted by Crippen LogP contribution is 2.23. The number of hydrogen-bond acceptors (Lipinski definition) is 4. The van der Waals surface area contributed by atoms with Gasteiger partial charge in [-0.1, -0.05) is 6.92 Å². The van der Waals surface area contributed by atoms with Crippen LogP contribution in [-0.2, 0) is 11.2 Å². The summed E-state index contributed by atoms with van der Waals surface area (Å²) >= 11 is 1.59. The Hall–Kier alpha value is -1.40. The van der Waals surface area contributed by atoms with E-state index in [2.05, 4.69) is 24.1 Å². The molecule has 0 atom stereocenters. The Morgan fingerprint density at radius 1 is 1.26 bits per heavy atom. The third kappa shape index (κ3) is 4.78. The molecule has 0 spiro atoms. The third-order valence-corrected chi connectivity index (χ3v) is 5.17. The largest absolute Gasteiger partial charge is 0.353 e. The van der Waals surface area contributed by atoms with Crippen LogP contribution in [0.25, 0.3) is 0 Å². The lowest BCUT2D eigenvalue weighted by Crippen LogP contribution is -2.51. The van der Waals surface area contributed by atoms with E-state index in [9.17, 15) is 9.59 Å². The van der Waals surface area contributed by atoms with E-state index in [4.69, 9.17) is 0 Å². The van der Waals surface area contributed by atoms with E-state index in [0.717, 1.165) is 24.4 Å². The Bertz CT molecular complexity index is 560. The molecule has 5 nitrogen and oxygen atoms in total. The van der Waals surface area contributed by atoms with Crippen molar-refractivity contribution in [3.05, 3.63) is 21.4 Å². The molecule has 1 saturated heterocycles. The lowest BCUT2D eigenvalue weighted by molar-refractivity contribution is -0.123. The number of thiophene rings is 1. The average Bonchev–Trinajstić information content (AvgIpc) is 2.87. The first kappa shape index (κ1) is 17.9. The Labute approximate surface area is 142 Å². The normalized spacial score (nSPS) is 16.0. The molecular weight excluding hydrogens is 310 g/mol. The molecule has 0 unspecified atom stereocenters. The minimum atomic E-state index is 0.0567. The first-order valence-corrected chi connectivity index (χ1v) is 9.12. The Morgan fingerprint density at radius 3 is 2.43 bits per heavy atom. The summed E-state index contributed by atoms with van der Waals surface area (Å²) in [7, 11) is 0. The molecule has 2 rings (SSSR count). The van der Waals surface area contributed by atoms with E-state index in [1.807, 2.05) is 24.8 Å². The van der Waals surface area contributed by atoms with Crippen LogP contribution in [0.1, 0.15) is 40.9 Å². The van der Waals surface area contributed by atoms with Crippen molar-refractivity contribution in [2.45, 2.75) is 40.2 Å². The highest BCUT2D eigenvalue weighted by atomic mass is 32.1. The molecule has 0 radical (unpaired) electrons. The van der Waals surface area contributed by atoms with Gasteiger partial charge in [-0.2, -0.15) is 0 Å². The highest BCUT2D eigenvalue weighted by molar-refractivity contribution is 7.14. The van der Waals surface area contributed by atoms with Crippen LogP contribution in [0.15, 0.2) is 6.07 Å². The predicted octanol–water partition coefficient (Wildman–Crippen LogP) is 1.90. The Morgan fingerprint density at radius 2 is 1.91 bits per heavy atom. The molecule has 2 amide bonds. The number of rotatable bonds is 5. The lowest BCUT2D eigenvalue weighted by Gasteiger charge is -2.34. The minimum absolute atomic E-state index is 0.0567. The summed E-state index contributed by atoms with van der Waals surface area (Å²) in [6, 6.07) is 2.20. The van der Waals surface area contributed by atoms with Crippen LogP contribution >= 0.6 is 11.3 Å². The average molecular weight is 337 g/mol. The number of aryl methyl sites for hydroxylation is 2. The molecule has 128 valence electrons. The number of carbonyl (C=O) groups excluding carboxylic acids is 2. The number of carbonyl (C=O) groups is 2. The summed E-state index contributed by atoms with van der Waals surface area (Å²) in [6.07, 6.45) is 0.967. The van der Waals surface area contributed by atoms with E-state index < -0.39 is 0 Å². The van der Waals surface area contributed by atoms with Gasteiger partial charge in [0.05, 0.1) is 11.4 Å². The topological polar surface area (TPSA) is 52.7 Å². The molecule has 1 aromatic rings. The maximum absolute atomic E-state index is 12.6. The van der Waals surface area contributed by atoms with Gasteiger partial charge in [0.2, 0.25) is 5.91 Å². The number of nitrogens with zero attached hydrogens (tertiary/aromatic N) is 2. The van der Waals surface area contributed by atoms with E-state index in [-0.39, 0.29) is 17.9 Å². The van der Waals surface area contributed by atoms with E-state index in [1.54, 1.807) is 11.3 Å². The van der Waals surface area contributed by atoms with E-state index >= 15 is 0 Å². The smallest absolute Gasteiger partial charge is 0.264 e. The second-order valence-corrected chi connectivity index (χ2v) is 7.59. The highest BCUT2D eigenvalue weighted by Gasteiger charge is 2.24. The molecule has 6 heteroatoms. The summed E-state index contributed by atoms with van der Waals surface area (Å²) in [4.78, 5) is 30.5. The van der Waals surface area contributed by atoms with Gasteiger partial charge in [-0.15, -0.1) is 11.3 Å². The van der Waals surface area contributed by atoms with Gasteiger partial charge in [-0.3, -0.25) is 14.5 Å². The summed E-state index contributed by atoms with van der Waals surface area (Å²) in [5, 5.41) is 2.91. The zero-order valence-corrected chi connectivity index (χ0v) is 15.3. The van der Waals surface area contributed by atoms with Crippen molar-refractivity contribution in [3.63, 3.8) is 0 Å². The van der Waals surface area contributed by atoms with Gasteiger partial charge in [0, 0.05) is 37.1 Å². The summed E-state index contributed by atoms with van der Waals surface area (Å²) in [6.45, 7) is 11.4. The fraction of sp³-hybridized carbons (Fsp3) is 0.647. The van der Waals surface area contributed by atoms with Gasteiger partial charge in [-0.25, -0.2) is 0 Å². The van der Waals surface area contributed by atoms with Crippen LogP contribution < -0.4 is 5.32 Å². The molecule has 0 bridgehead atoms. The van der Waals surface area contributed by atoms with Crippen LogP contribution in [0, 0.1) is 6.92 Å². The second kappa shape index (κ2) is 7.93. The van der Waals surface area contributed by atoms with Gasteiger partial charge in [0.1, 0.15) is 0 Å². The molecule has 1 aromatic heterocycles. The fourth-order valence-electron chi connectivity index (χ4n) is 2.81. The van der Waals surface area contributed by atoms with Gasteiger partial charge < -0.3 is 10.2 Å². The molecule has 1 aliphatic heterocycles. The summed E-state index contributed by atoms with van der Waals surface area (Å²) in [5.74, 6) is 0.185. The lowest BCUT2D eigenvalue weighted by atomic mass is 10.2. The molecule has 0 saturated carbocycles. The van der Waals surface area contributed by atoms with E-state index in [1.165, 1.54) is 10.4 Å². The maximum Gasteiger partial charge on any atom is 0.264 e. The third-order valence-electron chi connectivity index (χ3n) is 4.09. The first-order valence-electron chi connectivity index (χ1n) is 8.31. The molecule has 1 aliphatic rings. The van der Waals surface area contributed by atoms with Crippen molar-refractivity contribution >= 4 is 23.2 Å². The molecule has 2 heterocycles. The molecule has 23 heavy (non-hydrogen) atoms. The van der Waals surface area contributed by atoms with Crippen LogP contribution in [0.4, 0.5) is 0 Å².